The van der Waals surface area contributed by atoms with Crippen LogP contribution in [0.2, 0.25) is 10.0 Å². The lowest BCUT2D eigenvalue weighted by molar-refractivity contribution is 0.0691. The van der Waals surface area contributed by atoms with Crippen molar-refractivity contribution in [2.45, 2.75) is 20.8 Å². The van der Waals surface area contributed by atoms with E-state index in [1.807, 2.05) is 0 Å². The molecule has 2 aromatic rings. The van der Waals surface area contributed by atoms with Crippen molar-refractivity contribution >= 4 is 34.9 Å². The Morgan fingerprint density at radius 1 is 1.25 bits per heavy atom. The Kier molecular flexibility index (Phi) is 9.45. The zero-order valence-electron chi connectivity index (χ0n) is 16.2. The number of nitrogens with two attached hydrogens (primary N) is 1. The van der Waals surface area contributed by atoms with Crippen LogP contribution in [0.5, 0.6) is 5.75 Å². The van der Waals surface area contributed by atoms with Gasteiger partial charge in [0.05, 0.1) is 28.5 Å². The van der Waals surface area contributed by atoms with E-state index in [0.29, 0.717) is 0 Å². The zero-order chi connectivity index (χ0) is 21.4. The Morgan fingerprint density at radius 2 is 1.82 bits per heavy atom. The molecule has 0 aliphatic carbocycles. The summed E-state index contributed by atoms with van der Waals surface area (Å²) in [5, 5.41) is 8.91. The van der Waals surface area contributed by atoms with Crippen LogP contribution in [0.15, 0.2) is 18.2 Å². The minimum Gasteiger partial charge on any atom is -0.492 e. The highest BCUT2D eigenvalue weighted by Gasteiger charge is 2.20. The third-order valence-electron chi connectivity index (χ3n) is 4.06. The van der Waals surface area contributed by atoms with Gasteiger partial charge in [-0.05, 0) is 37.8 Å². The highest BCUT2D eigenvalue weighted by atomic mass is 35.5. The number of carboxylic acids is 1. The van der Waals surface area contributed by atoms with Crippen LogP contribution in [0.4, 0.5) is 10.1 Å². The van der Waals surface area contributed by atoms with Crippen LogP contribution in [0.1, 0.15) is 31.3 Å². The summed E-state index contributed by atoms with van der Waals surface area (Å²) in [4.78, 5) is 17.3. The molecular formula is C19H24Cl2FN3O3. The number of nitrogen functional groups attached to an aromatic ring is 1. The van der Waals surface area contributed by atoms with Crippen molar-refractivity contribution in [1.82, 2.24) is 9.88 Å². The fraction of sp³-hybridized carbons (Fsp3) is 0.368. The zero-order valence-corrected chi connectivity index (χ0v) is 17.7. The molecule has 0 bridgehead atoms. The molecule has 0 spiro atoms. The first-order valence-corrected chi connectivity index (χ1v) is 9.41. The number of hydrogen-bond donors (Lipinski definition) is 2. The van der Waals surface area contributed by atoms with Gasteiger partial charge >= 0.3 is 5.97 Å². The van der Waals surface area contributed by atoms with E-state index in [2.05, 4.69) is 30.7 Å². The van der Waals surface area contributed by atoms with Crippen molar-refractivity contribution in [2.75, 3.05) is 32.5 Å². The van der Waals surface area contributed by atoms with Gasteiger partial charge in [-0.3, -0.25) is 0 Å². The maximum absolute atomic E-state index is 14.3. The summed E-state index contributed by atoms with van der Waals surface area (Å²) in [6.45, 7) is 10.1. The number of hydrogen-bond acceptors (Lipinski definition) is 5. The highest BCUT2D eigenvalue weighted by molar-refractivity contribution is 6.35. The largest absolute Gasteiger partial charge is 0.492 e. The van der Waals surface area contributed by atoms with E-state index < -0.39 is 17.5 Å². The minimum atomic E-state index is -1.37. The molecule has 0 saturated carbocycles. The van der Waals surface area contributed by atoms with Gasteiger partial charge in [0.1, 0.15) is 0 Å². The number of nitrogens with zero attached hydrogens (tertiary/aromatic N) is 2. The molecule has 0 amide bonds. The van der Waals surface area contributed by atoms with E-state index in [9.17, 15) is 9.18 Å². The molecule has 1 aromatic heterocycles. The van der Waals surface area contributed by atoms with Crippen molar-refractivity contribution < 1.29 is 19.0 Å². The van der Waals surface area contributed by atoms with E-state index in [1.54, 1.807) is 0 Å². The molecule has 0 unspecified atom stereocenters. The molecule has 6 nitrogen and oxygen atoms in total. The van der Waals surface area contributed by atoms with Gasteiger partial charge in [-0.1, -0.05) is 44.0 Å². The molecule has 0 saturated heterocycles. The molecule has 0 aliphatic rings. The lowest BCUT2D eigenvalue weighted by atomic mass is 10.1. The summed E-state index contributed by atoms with van der Waals surface area (Å²) in [6.07, 6.45) is 0. The monoisotopic (exact) mass is 431 g/mol. The second kappa shape index (κ2) is 11.0. The molecular weight excluding hydrogens is 408 g/mol. The summed E-state index contributed by atoms with van der Waals surface area (Å²) < 4.78 is 19.2. The number of pyridine rings is 1. The smallest absolute Gasteiger partial charge is 0.356 e. The average Bonchev–Trinajstić information content (AvgIpc) is 2.66. The van der Waals surface area contributed by atoms with Crippen molar-refractivity contribution in [3.63, 3.8) is 0 Å². The van der Waals surface area contributed by atoms with Gasteiger partial charge in [0.2, 0.25) is 0 Å². The second-order valence-corrected chi connectivity index (χ2v) is 6.41. The summed E-state index contributed by atoms with van der Waals surface area (Å²) in [5.41, 5.74) is 5.17. The predicted molar refractivity (Wildman–Crippen MR) is 111 cm³/mol. The topological polar surface area (TPSA) is 88.7 Å². The van der Waals surface area contributed by atoms with Crippen LogP contribution in [0.25, 0.3) is 11.3 Å². The van der Waals surface area contributed by atoms with Gasteiger partial charge in [0, 0.05) is 5.56 Å². The van der Waals surface area contributed by atoms with Gasteiger partial charge in [-0.15, -0.1) is 0 Å². The van der Waals surface area contributed by atoms with E-state index in [0.717, 1.165) is 0 Å². The van der Waals surface area contributed by atoms with Crippen molar-refractivity contribution in [3.8, 4) is 17.0 Å². The van der Waals surface area contributed by atoms with E-state index in [-0.39, 0.29) is 32.7 Å². The van der Waals surface area contributed by atoms with Crippen LogP contribution in [-0.2, 0) is 0 Å². The van der Waals surface area contributed by atoms with Gasteiger partial charge in [0.25, 0.3) is 0 Å². The number of rotatable bonds is 6. The summed E-state index contributed by atoms with van der Waals surface area (Å²) in [6, 6.07) is 4.04. The molecule has 28 heavy (non-hydrogen) atoms. The number of aromatic carboxylic acids is 1. The lowest BCUT2D eigenvalue weighted by Gasteiger charge is -2.13. The van der Waals surface area contributed by atoms with E-state index >= 15 is 0 Å². The molecule has 1 aromatic carbocycles. The number of benzene rings is 1. The summed E-state index contributed by atoms with van der Waals surface area (Å²) >= 11 is 11.6. The molecule has 3 N–H and O–H groups in total. The number of aromatic nitrogens is 1. The fourth-order valence-electron chi connectivity index (χ4n) is 2.42. The lowest BCUT2D eigenvalue weighted by Crippen LogP contribution is -2.21. The van der Waals surface area contributed by atoms with Gasteiger partial charge < -0.3 is 20.5 Å². The second-order valence-electron chi connectivity index (χ2n) is 5.63. The van der Waals surface area contributed by atoms with Crippen LogP contribution < -0.4 is 10.5 Å². The third-order valence-corrected chi connectivity index (χ3v) is 4.75. The number of halogens is 3. The van der Waals surface area contributed by atoms with Crippen molar-refractivity contribution in [2.24, 2.45) is 0 Å². The normalized spacial score (nSPS) is 10.4. The molecule has 154 valence electrons. The van der Waals surface area contributed by atoms with Crippen molar-refractivity contribution in [1.29, 1.82) is 0 Å². The van der Waals surface area contributed by atoms with Crippen LogP contribution in [0, 0.1) is 5.82 Å². The Hall–Kier alpha value is -2.09. The number of ether oxygens (including phenoxy) is 1. The maximum atomic E-state index is 14.3. The number of methoxy groups -OCH3 is 1. The third kappa shape index (κ3) is 5.70. The molecule has 0 atom stereocenters. The van der Waals surface area contributed by atoms with Gasteiger partial charge in [-0.2, -0.15) is 0 Å². The standard InChI is InChI=1S/C13H9Cl2FN2O3.C6H15N/c1-21-12-6(14)3-2-5(10(12)16)8-4-7(17)9(15)11(18-8)13(19)20;1-4-7(5-2)6-3/h2-4H,1H3,(H2,17,18)(H,19,20);4-6H2,1-3H3. The SMILES string of the molecule is CCN(CC)CC.COc1c(Cl)ccc(-c2cc(N)c(Cl)c(C(=O)O)n2)c1F. The molecule has 2 rings (SSSR count). The Morgan fingerprint density at radius 3 is 2.25 bits per heavy atom. The van der Waals surface area contributed by atoms with Crippen LogP contribution >= 0.6 is 23.2 Å². The van der Waals surface area contributed by atoms with E-state index in [4.69, 9.17) is 38.8 Å². The van der Waals surface area contributed by atoms with Gasteiger partial charge in [-0.25, -0.2) is 14.2 Å². The summed E-state index contributed by atoms with van der Waals surface area (Å²) in [5.74, 6) is -2.30. The predicted octanol–water partition coefficient (Wildman–Crippen LogP) is 4.83. The Balaban J connectivity index is 0.000000480. The Labute approximate surface area is 174 Å². The average molecular weight is 432 g/mol. The molecule has 0 fully saturated rings. The van der Waals surface area contributed by atoms with Crippen LogP contribution in [0.3, 0.4) is 0 Å². The molecule has 9 heteroatoms. The number of carbonyl (C=O) groups is 1. The maximum Gasteiger partial charge on any atom is 0.356 e. The molecule has 1 heterocycles. The first-order chi connectivity index (χ1) is 13.2. The van der Waals surface area contributed by atoms with Crippen molar-refractivity contribution in [3.05, 3.63) is 39.8 Å². The summed E-state index contributed by atoms with van der Waals surface area (Å²) in [7, 11) is 1.26. The molecule has 0 aliphatic heterocycles. The first kappa shape index (κ1) is 23.9. The number of carboxylic acid groups (broad SMARTS) is 1. The fourth-order valence-corrected chi connectivity index (χ4v) is 2.82. The first-order valence-electron chi connectivity index (χ1n) is 8.65. The quantitative estimate of drug-likeness (QED) is 0.680. The Bertz CT molecular complexity index is 825. The minimum absolute atomic E-state index is 0.00196. The van der Waals surface area contributed by atoms with Crippen LogP contribution in [-0.4, -0.2) is 47.7 Å². The van der Waals surface area contributed by atoms with Gasteiger partial charge in [0.15, 0.2) is 17.3 Å². The highest BCUT2D eigenvalue weighted by Crippen LogP contribution is 2.36. The van der Waals surface area contributed by atoms with E-state index in [1.165, 1.54) is 44.9 Å². The molecule has 0 radical (unpaired) electrons. The number of anilines is 1.